The van der Waals surface area contributed by atoms with Gasteiger partial charge in [0.2, 0.25) is 0 Å². The Kier molecular flexibility index (Phi) is 3.66. The molecule has 130 valence electrons. The van der Waals surface area contributed by atoms with E-state index in [0.717, 1.165) is 67.8 Å². The van der Waals surface area contributed by atoms with Crippen LogP contribution < -0.4 is 0 Å². The Hall–Kier alpha value is -2.41. The molecule has 1 atom stereocenters. The standard InChI is InChI=1S/C18H21N5O2/c1-2-11-24-13(4-1)14-6-7-15(25-14)18-19-8-10-22(18)12-17-21-20-16-5-3-9-23(16)17/h6-8,10,13H,1-5,9,11-12H2. The maximum Gasteiger partial charge on any atom is 0.176 e. The number of rotatable bonds is 4. The molecule has 0 N–H and O–H groups in total. The highest BCUT2D eigenvalue weighted by Gasteiger charge is 2.22. The Morgan fingerprint density at radius 3 is 3.08 bits per heavy atom. The average molecular weight is 339 g/mol. The van der Waals surface area contributed by atoms with Crippen molar-refractivity contribution in [2.75, 3.05) is 6.61 Å². The lowest BCUT2D eigenvalue weighted by atomic mass is 10.1. The molecule has 2 aliphatic heterocycles. The molecule has 3 aromatic heterocycles. The zero-order valence-electron chi connectivity index (χ0n) is 14.1. The van der Waals surface area contributed by atoms with Crippen LogP contribution in [0.3, 0.4) is 0 Å². The summed E-state index contributed by atoms with van der Waals surface area (Å²) in [6.45, 7) is 2.47. The number of imidazole rings is 1. The quantitative estimate of drug-likeness (QED) is 0.731. The molecule has 0 bridgehead atoms. The summed E-state index contributed by atoms with van der Waals surface area (Å²) in [5, 5.41) is 8.62. The molecule has 3 aromatic rings. The molecule has 25 heavy (non-hydrogen) atoms. The minimum atomic E-state index is 0.0747. The van der Waals surface area contributed by atoms with Gasteiger partial charge in [-0.25, -0.2) is 4.98 Å². The number of hydrogen-bond donors (Lipinski definition) is 0. The third-order valence-electron chi connectivity index (χ3n) is 5.06. The second-order valence-corrected chi connectivity index (χ2v) is 6.72. The first-order valence-corrected chi connectivity index (χ1v) is 9.02. The lowest BCUT2D eigenvalue weighted by Gasteiger charge is -2.20. The van der Waals surface area contributed by atoms with Gasteiger partial charge in [0.05, 0.1) is 6.54 Å². The van der Waals surface area contributed by atoms with Crippen LogP contribution in [-0.4, -0.2) is 30.9 Å². The molecule has 0 amide bonds. The summed E-state index contributed by atoms with van der Waals surface area (Å²) in [6, 6.07) is 4.00. The zero-order valence-corrected chi connectivity index (χ0v) is 14.1. The van der Waals surface area contributed by atoms with Gasteiger partial charge in [0, 0.05) is 32.0 Å². The van der Waals surface area contributed by atoms with Gasteiger partial charge in [-0.3, -0.25) is 0 Å². The van der Waals surface area contributed by atoms with E-state index in [9.17, 15) is 0 Å². The number of aryl methyl sites for hydroxylation is 1. The van der Waals surface area contributed by atoms with Crippen LogP contribution >= 0.6 is 0 Å². The topological polar surface area (TPSA) is 70.9 Å². The van der Waals surface area contributed by atoms with Crippen LogP contribution in [0.2, 0.25) is 0 Å². The van der Waals surface area contributed by atoms with E-state index in [1.54, 1.807) is 6.20 Å². The highest BCUT2D eigenvalue weighted by atomic mass is 16.5. The van der Waals surface area contributed by atoms with Crippen LogP contribution in [0.25, 0.3) is 11.6 Å². The van der Waals surface area contributed by atoms with Gasteiger partial charge in [-0.15, -0.1) is 10.2 Å². The van der Waals surface area contributed by atoms with E-state index in [-0.39, 0.29) is 6.10 Å². The van der Waals surface area contributed by atoms with Gasteiger partial charge in [-0.05, 0) is 37.8 Å². The van der Waals surface area contributed by atoms with Crippen LogP contribution in [-0.2, 0) is 24.2 Å². The highest BCUT2D eigenvalue weighted by Crippen LogP contribution is 2.32. The van der Waals surface area contributed by atoms with Gasteiger partial charge in [-0.2, -0.15) is 0 Å². The minimum Gasteiger partial charge on any atom is -0.455 e. The maximum absolute atomic E-state index is 6.07. The van der Waals surface area contributed by atoms with Crippen molar-refractivity contribution in [1.82, 2.24) is 24.3 Å². The monoisotopic (exact) mass is 339 g/mol. The molecule has 0 spiro atoms. The van der Waals surface area contributed by atoms with Crippen LogP contribution in [0.4, 0.5) is 0 Å². The van der Waals surface area contributed by atoms with Crippen LogP contribution in [0.1, 0.15) is 49.2 Å². The number of aromatic nitrogens is 5. The fraction of sp³-hybridized carbons (Fsp3) is 0.500. The van der Waals surface area contributed by atoms with Crippen molar-refractivity contribution in [3.05, 3.63) is 41.9 Å². The van der Waals surface area contributed by atoms with Crippen molar-refractivity contribution in [1.29, 1.82) is 0 Å². The fourth-order valence-corrected chi connectivity index (χ4v) is 3.75. The summed E-state index contributed by atoms with van der Waals surface area (Å²) in [7, 11) is 0. The second-order valence-electron chi connectivity index (χ2n) is 6.72. The van der Waals surface area contributed by atoms with E-state index < -0.39 is 0 Å². The van der Waals surface area contributed by atoms with Crippen molar-refractivity contribution in [3.63, 3.8) is 0 Å². The van der Waals surface area contributed by atoms with E-state index in [2.05, 4.69) is 24.3 Å². The predicted octanol–water partition coefficient (Wildman–Crippen LogP) is 2.97. The van der Waals surface area contributed by atoms with Gasteiger partial charge >= 0.3 is 0 Å². The van der Waals surface area contributed by atoms with Crippen molar-refractivity contribution in [3.8, 4) is 11.6 Å². The van der Waals surface area contributed by atoms with Crippen molar-refractivity contribution in [2.24, 2.45) is 0 Å². The molecule has 5 rings (SSSR count). The lowest BCUT2D eigenvalue weighted by Crippen LogP contribution is -2.10. The summed E-state index contributed by atoms with van der Waals surface area (Å²) in [6.07, 6.45) is 9.36. The number of furan rings is 1. The largest absolute Gasteiger partial charge is 0.455 e. The third-order valence-corrected chi connectivity index (χ3v) is 5.06. The average Bonchev–Trinajstić information content (AvgIpc) is 3.42. The Morgan fingerprint density at radius 1 is 1.16 bits per heavy atom. The number of hydrogen-bond acceptors (Lipinski definition) is 5. The summed E-state index contributed by atoms with van der Waals surface area (Å²) < 4.78 is 16.2. The van der Waals surface area contributed by atoms with Crippen LogP contribution in [0, 0.1) is 0 Å². The van der Waals surface area contributed by atoms with E-state index in [0.29, 0.717) is 6.54 Å². The highest BCUT2D eigenvalue weighted by molar-refractivity contribution is 5.48. The minimum absolute atomic E-state index is 0.0747. The Bertz CT molecular complexity index is 872. The van der Waals surface area contributed by atoms with E-state index in [1.165, 1.54) is 6.42 Å². The molecule has 0 radical (unpaired) electrons. The van der Waals surface area contributed by atoms with E-state index in [1.807, 2.05) is 18.3 Å². The normalized spacial score (nSPS) is 20.1. The first-order chi connectivity index (χ1) is 12.4. The smallest absolute Gasteiger partial charge is 0.176 e. The maximum atomic E-state index is 6.07. The van der Waals surface area contributed by atoms with Gasteiger partial charge < -0.3 is 18.3 Å². The SMILES string of the molecule is c1cn(Cc2nnc3n2CCC3)c(-c2ccc(C3CCCCO3)o2)n1. The summed E-state index contributed by atoms with van der Waals surface area (Å²) in [5.74, 6) is 4.56. The first kappa shape index (κ1) is 14.9. The number of ether oxygens (including phenoxy) is 1. The fourth-order valence-electron chi connectivity index (χ4n) is 3.75. The molecular weight excluding hydrogens is 318 g/mol. The zero-order chi connectivity index (χ0) is 16.6. The molecule has 0 aliphatic carbocycles. The number of fused-ring (bicyclic) bond motifs is 1. The molecule has 1 unspecified atom stereocenters. The molecule has 7 heteroatoms. The van der Waals surface area contributed by atoms with Crippen molar-refractivity contribution < 1.29 is 9.15 Å². The molecule has 0 saturated carbocycles. The Balaban J connectivity index is 1.40. The van der Waals surface area contributed by atoms with E-state index in [4.69, 9.17) is 9.15 Å². The van der Waals surface area contributed by atoms with Crippen molar-refractivity contribution in [2.45, 2.75) is 51.3 Å². The van der Waals surface area contributed by atoms with E-state index >= 15 is 0 Å². The molecular formula is C18H21N5O2. The third kappa shape index (κ3) is 2.68. The molecule has 2 aliphatic rings. The van der Waals surface area contributed by atoms with Crippen molar-refractivity contribution >= 4 is 0 Å². The van der Waals surface area contributed by atoms with Crippen LogP contribution in [0.5, 0.6) is 0 Å². The molecule has 0 aromatic carbocycles. The summed E-state index contributed by atoms with van der Waals surface area (Å²) in [5.41, 5.74) is 0. The van der Waals surface area contributed by atoms with Gasteiger partial charge in [0.1, 0.15) is 17.7 Å². The Labute approximate surface area is 145 Å². The Morgan fingerprint density at radius 2 is 2.16 bits per heavy atom. The van der Waals surface area contributed by atoms with Crippen LogP contribution in [0.15, 0.2) is 28.9 Å². The van der Waals surface area contributed by atoms with Gasteiger partial charge in [-0.1, -0.05) is 0 Å². The summed E-state index contributed by atoms with van der Waals surface area (Å²) in [4.78, 5) is 4.49. The lowest BCUT2D eigenvalue weighted by molar-refractivity contribution is 0.00218. The summed E-state index contributed by atoms with van der Waals surface area (Å²) >= 11 is 0. The van der Waals surface area contributed by atoms with Gasteiger partial charge in [0.25, 0.3) is 0 Å². The molecule has 7 nitrogen and oxygen atoms in total. The predicted molar refractivity (Wildman–Crippen MR) is 89.9 cm³/mol. The van der Waals surface area contributed by atoms with Gasteiger partial charge in [0.15, 0.2) is 17.4 Å². The molecule has 1 saturated heterocycles. The molecule has 1 fully saturated rings. The first-order valence-electron chi connectivity index (χ1n) is 9.02. The molecule has 5 heterocycles. The second kappa shape index (κ2) is 6.15. The number of nitrogens with zero attached hydrogens (tertiary/aromatic N) is 5.